The fourth-order valence-corrected chi connectivity index (χ4v) is 7.63. The van der Waals surface area contributed by atoms with Crippen molar-refractivity contribution in [2.24, 2.45) is 0 Å². The summed E-state index contributed by atoms with van der Waals surface area (Å²) in [5.74, 6) is 2.95. The van der Waals surface area contributed by atoms with Gasteiger partial charge in [-0.1, -0.05) is 86.6 Å². The van der Waals surface area contributed by atoms with Gasteiger partial charge in [-0.05, 0) is 101 Å². The number of nitrogens with zero attached hydrogens (tertiary/aromatic N) is 4. The third-order valence-corrected chi connectivity index (χ3v) is 9.81. The molecule has 2 aliphatic heterocycles. The minimum Gasteiger partial charge on any atom is -0.453 e. The number of nitriles is 2. The predicted molar refractivity (Wildman–Crippen MR) is 210 cm³/mol. The molecule has 0 fully saturated rings. The minimum atomic E-state index is -0.00626. The van der Waals surface area contributed by atoms with E-state index in [4.69, 9.17) is 9.47 Å². The molecule has 252 valence electrons. The van der Waals surface area contributed by atoms with E-state index in [0.29, 0.717) is 11.1 Å². The fraction of sp³-hybridized carbons (Fsp3) is 0.0638. The Hall–Kier alpha value is -7.28. The molecule has 0 atom stereocenters. The highest BCUT2D eigenvalue weighted by Gasteiger charge is 2.35. The quantitative estimate of drug-likeness (QED) is 0.180. The van der Waals surface area contributed by atoms with Crippen LogP contribution in [0, 0.1) is 22.7 Å². The first-order chi connectivity index (χ1) is 26.0. The molecule has 0 radical (unpaired) electrons. The zero-order valence-corrected chi connectivity index (χ0v) is 29.1. The van der Waals surface area contributed by atoms with Gasteiger partial charge in [-0.25, -0.2) is 0 Å². The second kappa shape index (κ2) is 12.8. The Morgan fingerprint density at radius 2 is 0.792 bits per heavy atom. The molecule has 0 unspecified atom stereocenters. The molecule has 0 N–H and O–H groups in total. The lowest BCUT2D eigenvalue weighted by Gasteiger charge is -2.39. The molecular weight excluding hydrogens is 653 g/mol. The lowest BCUT2D eigenvalue weighted by molar-refractivity contribution is 0.477. The third-order valence-electron chi connectivity index (χ3n) is 9.81. The molecule has 2 aliphatic rings. The molecule has 53 heavy (non-hydrogen) atoms. The van der Waals surface area contributed by atoms with Gasteiger partial charge in [0.15, 0.2) is 23.0 Å². The molecule has 0 aliphatic carbocycles. The van der Waals surface area contributed by atoms with Gasteiger partial charge in [0.25, 0.3) is 0 Å². The number of benzene rings is 7. The molecule has 2 heterocycles. The maximum absolute atomic E-state index is 10.1. The van der Waals surface area contributed by atoms with Gasteiger partial charge in [0.1, 0.15) is 0 Å². The largest absolute Gasteiger partial charge is 0.453 e. The van der Waals surface area contributed by atoms with Gasteiger partial charge in [0.05, 0.1) is 57.4 Å². The maximum atomic E-state index is 10.1. The number of rotatable bonds is 5. The highest BCUT2D eigenvalue weighted by molar-refractivity contribution is 6.04. The van der Waals surface area contributed by atoms with Gasteiger partial charge >= 0.3 is 0 Å². The molecule has 0 bridgehead atoms. The summed E-state index contributed by atoms with van der Waals surface area (Å²) < 4.78 is 13.0. The minimum absolute atomic E-state index is 0.00626. The molecule has 6 heteroatoms. The maximum Gasteiger partial charge on any atom is 0.151 e. The highest BCUT2D eigenvalue weighted by Crippen LogP contribution is 2.59. The van der Waals surface area contributed by atoms with Crippen molar-refractivity contribution in [1.29, 1.82) is 10.5 Å². The van der Waals surface area contributed by atoms with E-state index >= 15 is 0 Å². The SMILES string of the molecule is CC(C)c1c(-c2cccc(C#N)c2)c(N2c3ccccc3Oc3ccccc32)cc(N2c3ccccc3Oc3ccccc32)c1-c1cccc(C#N)c1. The number of anilines is 6. The first-order valence-corrected chi connectivity index (χ1v) is 17.6. The lowest BCUT2D eigenvalue weighted by atomic mass is 9.82. The van der Waals surface area contributed by atoms with Crippen molar-refractivity contribution >= 4 is 34.1 Å². The van der Waals surface area contributed by atoms with Crippen molar-refractivity contribution in [3.8, 4) is 57.4 Å². The van der Waals surface area contributed by atoms with E-state index < -0.39 is 0 Å². The van der Waals surface area contributed by atoms with Crippen LogP contribution >= 0.6 is 0 Å². The summed E-state index contributed by atoms with van der Waals surface area (Å²) in [5.41, 5.74) is 11.4. The highest BCUT2D eigenvalue weighted by atomic mass is 16.5. The zero-order chi connectivity index (χ0) is 36.1. The zero-order valence-electron chi connectivity index (χ0n) is 29.1. The van der Waals surface area contributed by atoms with E-state index in [0.717, 1.165) is 84.9 Å². The van der Waals surface area contributed by atoms with Crippen molar-refractivity contribution in [1.82, 2.24) is 0 Å². The number of para-hydroxylation sites is 8. The van der Waals surface area contributed by atoms with Crippen LogP contribution < -0.4 is 19.3 Å². The van der Waals surface area contributed by atoms with Gasteiger partial charge in [0, 0.05) is 11.1 Å². The molecule has 0 aromatic heterocycles. The Bertz CT molecular complexity index is 2400. The molecule has 7 aromatic carbocycles. The predicted octanol–water partition coefficient (Wildman–Crippen LogP) is 13.0. The molecule has 0 saturated heterocycles. The smallest absolute Gasteiger partial charge is 0.151 e. The molecule has 9 rings (SSSR count). The Kier molecular flexibility index (Phi) is 7.65. The van der Waals surface area contributed by atoms with Gasteiger partial charge in [0.2, 0.25) is 0 Å². The first-order valence-electron chi connectivity index (χ1n) is 17.6. The van der Waals surface area contributed by atoms with E-state index in [1.165, 1.54) is 0 Å². The van der Waals surface area contributed by atoms with Gasteiger partial charge in [-0.15, -0.1) is 0 Å². The summed E-state index contributed by atoms with van der Waals surface area (Å²) in [6, 6.07) is 55.0. The van der Waals surface area contributed by atoms with E-state index in [-0.39, 0.29) is 5.92 Å². The molecule has 0 spiro atoms. The van der Waals surface area contributed by atoms with Crippen LogP contribution in [0.2, 0.25) is 0 Å². The van der Waals surface area contributed by atoms with Crippen LogP contribution in [0.25, 0.3) is 22.3 Å². The number of hydrogen-bond acceptors (Lipinski definition) is 6. The van der Waals surface area contributed by atoms with Crippen molar-refractivity contribution in [2.75, 3.05) is 9.80 Å². The summed E-state index contributed by atoms with van der Waals surface area (Å²) in [7, 11) is 0. The van der Waals surface area contributed by atoms with Gasteiger partial charge < -0.3 is 19.3 Å². The Morgan fingerprint density at radius 3 is 1.13 bits per heavy atom. The van der Waals surface area contributed by atoms with Crippen molar-refractivity contribution in [3.05, 3.63) is 168 Å². The van der Waals surface area contributed by atoms with Crippen molar-refractivity contribution in [3.63, 3.8) is 0 Å². The molecular formula is C47H32N4O2. The molecule has 0 saturated carbocycles. The Labute approximate surface area is 308 Å². The van der Waals surface area contributed by atoms with Crippen molar-refractivity contribution < 1.29 is 9.47 Å². The third kappa shape index (κ3) is 5.25. The molecule has 0 amide bonds. The van der Waals surface area contributed by atoms with Crippen LogP contribution in [-0.2, 0) is 0 Å². The topological polar surface area (TPSA) is 72.5 Å². The Morgan fingerprint density at radius 1 is 0.434 bits per heavy atom. The van der Waals surface area contributed by atoms with Crippen LogP contribution in [-0.4, -0.2) is 0 Å². The number of hydrogen-bond donors (Lipinski definition) is 0. The summed E-state index contributed by atoms with van der Waals surface area (Å²) in [5, 5.41) is 20.3. The van der Waals surface area contributed by atoms with Gasteiger partial charge in [-0.3, -0.25) is 0 Å². The van der Waals surface area contributed by atoms with Crippen LogP contribution in [0.3, 0.4) is 0 Å². The monoisotopic (exact) mass is 684 g/mol. The average molecular weight is 685 g/mol. The van der Waals surface area contributed by atoms with E-state index in [1.54, 1.807) is 0 Å². The summed E-state index contributed by atoms with van der Waals surface area (Å²) in [6.07, 6.45) is 0. The standard InChI is InChI=1S/C47H32N4O2/c1-30(2)45-46(33-15-11-13-31(25-33)28-48)39(50-35-17-3-7-21-41(35)52-42-22-8-4-18-36(42)50)27-40(47(45)34-16-12-14-32(26-34)29-49)51-37-19-5-9-23-43(37)53-44-24-10-6-20-38(44)51/h3-27,30H,1-2H3. The van der Waals surface area contributed by atoms with E-state index in [9.17, 15) is 10.5 Å². The van der Waals surface area contributed by atoms with E-state index in [1.807, 2.05) is 109 Å². The Balaban J connectivity index is 1.49. The summed E-state index contributed by atoms with van der Waals surface area (Å²) in [6.45, 7) is 4.42. The number of ether oxygens (including phenoxy) is 2. The summed E-state index contributed by atoms with van der Waals surface area (Å²) in [4.78, 5) is 4.57. The molecule has 6 nitrogen and oxygen atoms in total. The fourth-order valence-electron chi connectivity index (χ4n) is 7.63. The van der Waals surface area contributed by atoms with Crippen LogP contribution in [0.15, 0.2) is 152 Å². The summed E-state index contributed by atoms with van der Waals surface area (Å²) >= 11 is 0. The second-order valence-electron chi connectivity index (χ2n) is 13.4. The average Bonchev–Trinajstić information content (AvgIpc) is 3.21. The van der Waals surface area contributed by atoms with Crippen LogP contribution in [0.5, 0.6) is 23.0 Å². The van der Waals surface area contributed by atoms with Crippen LogP contribution in [0.4, 0.5) is 34.1 Å². The van der Waals surface area contributed by atoms with E-state index in [2.05, 4.69) is 78.3 Å². The molecule has 7 aromatic rings. The van der Waals surface area contributed by atoms with Crippen LogP contribution in [0.1, 0.15) is 36.5 Å². The van der Waals surface area contributed by atoms with Crippen molar-refractivity contribution in [2.45, 2.75) is 19.8 Å². The lowest BCUT2D eigenvalue weighted by Crippen LogP contribution is -2.21. The normalized spacial score (nSPS) is 12.3. The second-order valence-corrected chi connectivity index (χ2v) is 13.4. The number of fused-ring (bicyclic) bond motifs is 4. The van der Waals surface area contributed by atoms with Gasteiger partial charge in [-0.2, -0.15) is 10.5 Å². The first kappa shape index (κ1) is 31.7.